The van der Waals surface area contributed by atoms with Crippen LogP contribution in [0.2, 0.25) is 13.1 Å². The highest BCUT2D eigenvalue weighted by molar-refractivity contribution is 6.55. The highest BCUT2D eigenvalue weighted by atomic mass is 14.1. The van der Waals surface area contributed by atoms with Crippen molar-refractivity contribution >= 4 is 31.4 Å². The van der Waals surface area contributed by atoms with Crippen LogP contribution in [-0.2, 0) is 6.42 Å². The molecular weight excluding hydrogens is 226 g/mol. The number of fused-ring (bicyclic) bond motifs is 1. The van der Waals surface area contributed by atoms with Crippen LogP contribution in [0.3, 0.4) is 0 Å². The van der Waals surface area contributed by atoms with Crippen LogP contribution in [0.1, 0.15) is 31.2 Å². The summed E-state index contributed by atoms with van der Waals surface area (Å²) in [5.41, 5.74) is 3.01. The summed E-state index contributed by atoms with van der Waals surface area (Å²) in [6, 6.07) is 13.6. The molecule has 98 valence electrons. The summed E-state index contributed by atoms with van der Waals surface area (Å²) < 4.78 is 0. The molecule has 2 aromatic rings. The van der Waals surface area contributed by atoms with Crippen molar-refractivity contribution in [3.8, 4) is 0 Å². The lowest BCUT2D eigenvalue weighted by molar-refractivity contribution is 0.668. The van der Waals surface area contributed by atoms with E-state index in [9.17, 15) is 0 Å². The smallest absolute Gasteiger partial charge is 0.0849 e. The molecule has 0 aliphatic rings. The van der Waals surface area contributed by atoms with Crippen LogP contribution in [0.25, 0.3) is 10.8 Å². The first-order chi connectivity index (χ1) is 9.36. The van der Waals surface area contributed by atoms with Crippen molar-refractivity contribution in [3.63, 3.8) is 0 Å². The minimum Gasteiger partial charge on any atom is -0.0849 e. The fourth-order valence-electron chi connectivity index (χ4n) is 2.87. The molecule has 0 fully saturated rings. The predicted octanol–water partition coefficient (Wildman–Crippen LogP) is 3.10. The van der Waals surface area contributed by atoms with Gasteiger partial charge in [0, 0.05) is 0 Å². The summed E-state index contributed by atoms with van der Waals surface area (Å²) in [7, 11) is 3.40. The molecule has 2 aromatic carbocycles. The van der Waals surface area contributed by atoms with Gasteiger partial charge in [-0.3, -0.25) is 0 Å². The molecule has 0 saturated carbocycles. The number of hydrogen-bond donors (Lipinski definition) is 0. The topological polar surface area (TPSA) is 0 Å². The Morgan fingerprint density at radius 2 is 1.63 bits per heavy atom. The van der Waals surface area contributed by atoms with E-state index >= 15 is 0 Å². The van der Waals surface area contributed by atoms with Crippen molar-refractivity contribution in [2.45, 2.75) is 45.2 Å². The molecule has 0 atom stereocenters. The van der Waals surface area contributed by atoms with Gasteiger partial charge in [-0.25, -0.2) is 0 Å². The zero-order chi connectivity index (χ0) is 13.5. The number of unbranched alkanes of at least 4 members (excludes halogenated alkanes) is 3. The molecule has 0 nitrogen and oxygen atoms in total. The average Bonchev–Trinajstić information content (AvgIpc) is 2.47. The molecule has 0 aromatic heterocycles. The van der Waals surface area contributed by atoms with Gasteiger partial charge in [0.25, 0.3) is 0 Å². The van der Waals surface area contributed by atoms with Crippen LogP contribution in [0, 0.1) is 0 Å². The number of hydrogen-bond acceptors (Lipinski definition) is 0. The SMILES string of the molecule is BCCCCCCc1ccc(BC)c2ccccc12. The third-order valence-corrected chi connectivity index (χ3v) is 4.04. The number of benzene rings is 2. The minimum atomic E-state index is 1.12. The predicted molar refractivity (Wildman–Crippen MR) is 92.1 cm³/mol. The van der Waals surface area contributed by atoms with E-state index in [0.29, 0.717) is 0 Å². The van der Waals surface area contributed by atoms with Gasteiger partial charge in [0.1, 0.15) is 7.85 Å². The van der Waals surface area contributed by atoms with Crippen LogP contribution in [0.5, 0.6) is 0 Å². The Hall–Kier alpha value is -1.17. The molecule has 19 heavy (non-hydrogen) atoms. The highest BCUT2D eigenvalue weighted by Gasteiger charge is 2.04. The van der Waals surface area contributed by atoms with E-state index in [1.54, 1.807) is 0 Å². The van der Waals surface area contributed by atoms with Gasteiger partial charge < -0.3 is 0 Å². The lowest BCUT2D eigenvalue weighted by atomic mass is 9.70. The third-order valence-electron chi connectivity index (χ3n) is 4.04. The summed E-state index contributed by atoms with van der Waals surface area (Å²) in [5.74, 6) is 0. The Morgan fingerprint density at radius 1 is 0.895 bits per heavy atom. The standard InChI is InChI=1S/C17H24B2/c1-19-17-12-11-14(8-4-2-3-7-13-18)15-9-5-6-10-16(15)17/h5-6,9-12,19H,2-4,7-8,13,18H2,1H3. The van der Waals surface area contributed by atoms with E-state index in [0.717, 1.165) is 7.28 Å². The van der Waals surface area contributed by atoms with Gasteiger partial charge in [0.05, 0.1) is 0 Å². The highest BCUT2D eigenvalue weighted by Crippen LogP contribution is 2.19. The molecule has 0 unspecified atom stereocenters. The molecule has 0 saturated heterocycles. The minimum absolute atomic E-state index is 1.12. The fourth-order valence-corrected chi connectivity index (χ4v) is 2.87. The van der Waals surface area contributed by atoms with Crippen LogP contribution < -0.4 is 5.46 Å². The molecule has 0 aliphatic heterocycles. The maximum absolute atomic E-state index is 2.35. The van der Waals surface area contributed by atoms with Crippen molar-refractivity contribution in [3.05, 3.63) is 42.0 Å². The monoisotopic (exact) mass is 250 g/mol. The number of rotatable bonds is 7. The van der Waals surface area contributed by atoms with Crippen molar-refractivity contribution in [2.75, 3.05) is 0 Å². The zero-order valence-electron chi connectivity index (χ0n) is 12.4. The average molecular weight is 250 g/mol. The summed E-state index contributed by atoms with van der Waals surface area (Å²) in [6.45, 7) is 2.24. The summed E-state index contributed by atoms with van der Waals surface area (Å²) in [5, 5.41) is 2.92. The maximum Gasteiger partial charge on any atom is 0.155 e. The van der Waals surface area contributed by atoms with Crippen LogP contribution in [0.4, 0.5) is 0 Å². The second-order valence-electron chi connectivity index (χ2n) is 5.45. The Labute approximate surface area is 119 Å². The van der Waals surface area contributed by atoms with Gasteiger partial charge in [-0.05, 0) is 29.2 Å². The molecule has 0 N–H and O–H groups in total. The van der Waals surface area contributed by atoms with E-state index < -0.39 is 0 Å². The van der Waals surface area contributed by atoms with Crippen molar-refractivity contribution in [1.82, 2.24) is 0 Å². The lowest BCUT2D eigenvalue weighted by Gasteiger charge is -2.10. The molecule has 0 aliphatic carbocycles. The van der Waals surface area contributed by atoms with Gasteiger partial charge in [0.2, 0.25) is 0 Å². The molecule has 0 spiro atoms. The molecular formula is C17H24B2. The van der Waals surface area contributed by atoms with Crippen molar-refractivity contribution < 1.29 is 0 Å². The first-order valence-electron chi connectivity index (χ1n) is 7.86. The van der Waals surface area contributed by atoms with E-state index in [4.69, 9.17) is 0 Å². The Kier molecular flexibility index (Phi) is 5.57. The van der Waals surface area contributed by atoms with E-state index in [1.165, 1.54) is 60.2 Å². The van der Waals surface area contributed by atoms with Crippen LogP contribution >= 0.6 is 0 Å². The van der Waals surface area contributed by atoms with Gasteiger partial charge in [-0.15, -0.1) is 0 Å². The Balaban J connectivity index is 2.11. The summed E-state index contributed by atoms with van der Waals surface area (Å²) >= 11 is 0. The second kappa shape index (κ2) is 7.43. The van der Waals surface area contributed by atoms with E-state index in [1.807, 2.05) is 0 Å². The second-order valence-corrected chi connectivity index (χ2v) is 5.45. The van der Waals surface area contributed by atoms with Crippen molar-refractivity contribution in [1.29, 1.82) is 0 Å². The molecule has 2 rings (SSSR count). The van der Waals surface area contributed by atoms with Gasteiger partial charge in [0.15, 0.2) is 7.28 Å². The largest absolute Gasteiger partial charge is 0.155 e. The molecule has 0 amide bonds. The van der Waals surface area contributed by atoms with Crippen molar-refractivity contribution in [2.24, 2.45) is 0 Å². The molecule has 0 bridgehead atoms. The van der Waals surface area contributed by atoms with E-state index in [2.05, 4.69) is 51.1 Å². The first-order valence-corrected chi connectivity index (χ1v) is 7.86. The van der Waals surface area contributed by atoms with Crippen LogP contribution in [0.15, 0.2) is 36.4 Å². The van der Waals surface area contributed by atoms with E-state index in [-0.39, 0.29) is 0 Å². The molecule has 0 heterocycles. The first kappa shape index (κ1) is 14.2. The Bertz CT molecular complexity index is 520. The summed E-state index contributed by atoms with van der Waals surface area (Å²) in [6.07, 6.45) is 8.03. The van der Waals surface area contributed by atoms with Gasteiger partial charge >= 0.3 is 0 Å². The summed E-state index contributed by atoms with van der Waals surface area (Å²) in [4.78, 5) is 0. The Morgan fingerprint density at radius 3 is 2.37 bits per heavy atom. The zero-order valence-corrected chi connectivity index (χ0v) is 12.4. The quantitative estimate of drug-likeness (QED) is 0.523. The van der Waals surface area contributed by atoms with Crippen LogP contribution in [-0.4, -0.2) is 15.1 Å². The third kappa shape index (κ3) is 3.65. The van der Waals surface area contributed by atoms with Gasteiger partial charge in [-0.1, -0.05) is 74.3 Å². The molecule has 2 heteroatoms. The number of aryl methyl sites for hydroxylation is 1. The fraction of sp³-hybridized carbons (Fsp3) is 0.412. The maximum atomic E-state index is 2.35. The molecule has 0 radical (unpaired) electrons. The van der Waals surface area contributed by atoms with Gasteiger partial charge in [-0.2, -0.15) is 0 Å². The normalized spacial score (nSPS) is 10.8. The lowest BCUT2D eigenvalue weighted by Crippen LogP contribution is -2.12.